The Morgan fingerprint density at radius 3 is 2.24 bits per heavy atom. The van der Waals surface area contributed by atoms with E-state index in [4.69, 9.17) is 0 Å². The molecular formula is C28H36N6O3. The van der Waals surface area contributed by atoms with Gasteiger partial charge < -0.3 is 24.6 Å². The fraction of sp³-hybridized carbons (Fsp3) is 0.500. The predicted octanol–water partition coefficient (Wildman–Crippen LogP) is 3.19. The van der Waals surface area contributed by atoms with Crippen molar-refractivity contribution in [1.29, 1.82) is 0 Å². The number of anilines is 2. The number of amides is 3. The predicted molar refractivity (Wildman–Crippen MR) is 143 cm³/mol. The van der Waals surface area contributed by atoms with Crippen LogP contribution in [0.25, 0.3) is 0 Å². The van der Waals surface area contributed by atoms with Gasteiger partial charge in [0.2, 0.25) is 0 Å². The molecule has 3 amide bonds. The SMILES string of the molecule is Cn1cccc1C(=O)N1CCN(C(=O)Nc2ccc(N3CCC(N4CCCCC4)CC3=C=O)cc2)CC1. The molecule has 0 saturated carbocycles. The first-order valence-corrected chi connectivity index (χ1v) is 13.4. The molecule has 0 spiro atoms. The van der Waals surface area contributed by atoms with Crippen molar-refractivity contribution < 1.29 is 14.4 Å². The molecule has 1 atom stereocenters. The van der Waals surface area contributed by atoms with Crippen LogP contribution < -0.4 is 10.2 Å². The van der Waals surface area contributed by atoms with Gasteiger partial charge in [-0.25, -0.2) is 9.59 Å². The van der Waals surface area contributed by atoms with Gasteiger partial charge in [0, 0.05) is 69.8 Å². The van der Waals surface area contributed by atoms with E-state index in [0.717, 1.165) is 38.2 Å². The summed E-state index contributed by atoms with van der Waals surface area (Å²) in [5.41, 5.74) is 3.01. The van der Waals surface area contributed by atoms with Crippen LogP contribution in [0.5, 0.6) is 0 Å². The molecule has 9 nitrogen and oxygen atoms in total. The van der Waals surface area contributed by atoms with Crippen molar-refractivity contribution in [1.82, 2.24) is 19.3 Å². The number of urea groups is 1. The maximum absolute atomic E-state index is 12.8. The highest BCUT2D eigenvalue weighted by Gasteiger charge is 2.30. The zero-order valence-electron chi connectivity index (χ0n) is 21.6. The molecule has 0 radical (unpaired) electrons. The van der Waals surface area contributed by atoms with Gasteiger partial charge in [-0.3, -0.25) is 9.69 Å². The Hall–Kier alpha value is -3.55. The molecule has 0 bridgehead atoms. The highest BCUT2D eigenvalue weighted by Crippen LogP contribution is 2.30. The fourth-order valence-electron chi connectivity index (χ4n) is 5.71. The molecule has 4 heterocycles. The summed E-state index contributed by atoms with van der Waals surface area (Å²) in [5, 5.41) is 2.97. The van der Waals surface area contributed by atoms with Gasteiger partial charge in [0.1, 0.15) is 17.3 Å². The van der Waals surface area contributed by atoms with E-state index < -0.39 is 0 Å². The molecule has 1 N–H and O–H groups in total. The second-order valence-electron chi connectivity index (χ2n) is 10.2. The van der Waals surface area contributed by atoms with Crippen molar-refractivity contribution in [2.24, 2.45) is 7.05 Å². The van der Waals surface area contributed by atoms with Crippen molar-refractivity contribution in [2.75, 3.05) is 56.0 Å². The summed E-state index contributed by atoms with van der Waals surface area (Å²) in [7, 11) is 1.86. The zero-order chi connectivity index (χ0) is 25.8. The number of nitrogens with one attached hydrogen (secondary N) is 1. The molecule has 9 heteroatoms. The number of likely N-dealkylation sites (tertiary alicyclic amines) is 1. The average molecular weight is 505 g/mol. The molecule has 1 aromatic heterocycles. The molecule has 3 aliphatic rings. The van der Waals surface area contributed by atoms with Crippen molar-refractivity contribution in [2.45, 2.75) is 38.1 Å². The van der Waals surface area contributed by atoms with Gasteiger partial charge in [-0.2, -0.15) is 0 Å². The molecule has 3 aliphatic heterocycles. The number of aryl methyl sites for hydroxylation is 1. The Labute approximate surface area is 218 Å². The summed E-state index contributed by atoms with van der Waals surface area (Å²) in [6, 6.07) is 11.6. The Morgan fingerprint density at radius 1 is 0.892 bits per heavy atom. The van der Waals surface area contributed by atoms with Gasteiger partial charge >= 0.3 is 6.03 Å². The van der Waals surface area contributed by atoms with E-state index in [1.54, 1.807) is 9.80 Å². The molecule has 1 aromatic carbocycles. The van der Waals surface area contributed by atoms with Crippen molar-refractivity contribution in [3.63, 3.8) is 0 Å². The van der Waals surface area contributed by atoms with Crippen LogP contribution in [-0.2, 0) is 11.8 Å². The number of carbonyl (C=O) groups excluding carboxylic acids is 3. The number of carbonyl (C=O) groups is 2. The molecule has 1 unspecified atom stereocenters. The maximum Gasteiger partial charge on any atom is 0.321 e. The van der Waals surface area contributed by atoms with Gasteiger partial charge in [0.25, 0.3) is 5.91 Å². The zero-order valence-corrected chi connectivity index (χ0v) is 21.6. The minimum atomic E-state index is -0.172. The van der Waals surface area contributed by atoms with Gasteiger partial charge in [0.05, 0.1) is 0 Å². The minimum absolute atomic E-state index is 0.00754. The van der Waals surface area contributed by atoms with E-state index in [2.05, 4.69) is 21.1 Å². The lowest BCUT2D eigenvalue weighted by Crippen LogP contribution is -2.51. The Bertz CT molecular complexity index is 1150. The van der Waals surface area contributed by atoms with Gasteiger partial charge in [-0.15, -0.1) is 0 Å². The van der Waals surface area contributed by atoms with Gasteiger partial charge in [-0.05, 0) is 68.8 Å². The number of piperazine rings is 1. The first-order valence-electron chi connectivity index (χ1n) is 13.4. The lowest BCUT2D eigenvalue weighted by atomic mass is 9.97. The monoisotopic (exact) mass is 504 g/mol. The van der Waals surface area contributed by atoms with Crippen LogP contribution >= 0.6 is 0 Å². The topological polar surface area (TPSA) is 81.1 Å². The summed E-state index contributed by atoms with van der Waals surface area (Å²) < 4.78 is 1.82. The van der Waals surface area contributed by atoms with Crippen molar-refractivity contribution in [3.05, 3.63) is 54.0 Å². The maximum atomic E-state index is 12.8. The average Bonchev–Trinajstić information content (AvgIpc) is 3.39. The lowest BCUT2D eigenvalue weighted by Gasteiger charge is -2.41. The number of nitrogens with zero attached hydrogens (tertiary/aromatic N) is 5. The van der Waals surface area contributed by atoms with Crippen LogP contribution in [0.3, 0.4) is 0 Å². The summed E-state index contributed by atoms with van der Waals surface area (Å²) in [5.74, 6) is 2.19. The Morgan fingerprint density at radius 2 is 1.59 bits per heavy atom. The van der Waals surface area contributed by atoms with E-state index in [9.17, 15) is 14.4 Å². The van der Waals surface area contributed by atoms with Crippen LogP contribution in [-0.4, -0.2) is 89.0 Å². The number of benzene rings is 1. The van der Waals surface area contributed by atoms with Gasteiger partial charge in [0.15, 0.2) is 0 Å². The van der Waals surface area contributed by atoms with Crippen LogP contribution in [0, 0.1) is 0 Å². The van der Waals surface area contributed by atoms with E-state index in [0.29, 0.717) is 49.3 Å². The van der Waals surface area contributed by atoms with E-state index in [1.807, 2.05) is 54.2 Å². The van der Waals surface area contributed by atoms with Crippen LogP contribution in [0.1, 0.15) is 42.6 Å². The Balaban J connectivity index is 1.13. The molecule has 3 saturated heterocycles. The fourth-order valence-corrected chi connectivity index (χ4v) is 5.71. The molecular weight excluding hydrogens is 468 g/mol. The summed E-state index contributed by atoms with van der Waals surface area (Å²) in [6.07, 6.45) is 7.42. The van der Waals surface area contributed by atoms with Crippen LogP contribution in [0.15, 0.2) is 48.3 Å². The molecule has 0 aliphatic carbocycles. The number of piperidine rings is 2. The number of rotatable bonds is 4. The number of hydrogen-bond donors (Lipinski definition) is 1. The highest BCUT2D eigenvalue weighted by molar-refractivity contribution is 5.93. The van der Waals surface area contributed by atoms with Crippen LogP contribution in [0.2, 0.25) is 0 Å². The normalized spacial score (nSPS) is 21.1. The minimum Gasteiger partial charge on any atom is -0.347 e. The third-order valence-electron chi connectivity index (χ3n) is 7.91. The van der Waals surface area contributed by atoms with Crippen molar-refractivity contribution >= 4 is 29.3 Å². The molecule has 37 heavy (non-hydrogen) atoms. The smallest absolute Gasteiger partial charge is 0.321 e. The molecule has 2 aromatic rings. The molecule has 3 fully saturated rings. The largest absolute Gasteiger partial charge is 0.347 e. The quantitative estimate of drug-likeness (QED) is 0.647. The highest BCUT2D eigenvalue weighted by atomic mass is 16.2. The van der Waals surface area contributed by atoms with Crippen LogP contribution in [0.4, 0.5) is 16.2 Å². The van der Waals surface area contributed by atoms with E-state index >= 15 is 0 Å². The van der Waals surface area contributed by atoms with Gasteiger partial charge in [-0.1, -0.05) is 6.42 Å². The third-order valence-corrected chi connectivity index (χ3v) is 7.91. The summed E-state index contributed by atoms with van der Waals surface area (Å²) in [4.78, 5) is 45.5. The van der Waals surface area contributed by atoms with E-state index in [1.165, 1.54) is 19.3 Å². The number of hydrogen-bond acceptors (Lipinski definition) is 5. The standard InChI is InChI=1S/C28H36N6O3/c1-30-12-5-6-26(30)27(36)32-16-18-33(19-17-32)28(37)29-22-7-9-23(10-8-22)34-15-11-24(20-25(34)21-35)31-13-3-2-4-14-31/h5-10,12,24H,2-4,11,13-20H2,1H3,(H,29,37). The van der Waals surface area contributed by atoms with E-state index in [-0.39, 0.29) is 11.9 Å². The molecule has 196 valence electrons. The molecule has 5 rings (SSSR count). The van der Waals surface area contributed by atoms with Crippen molar-refractivity contribution in [3.8, 4) is 0 Å². The first kappa shape index (κ1) is 25.1. The third kappa shape index (κ3) is 5.58. The summed E-state index contributed by atoms with van der Waals surface area (Å²) in [6.45, 7) is 5.03. The summed E-state index contributed by atoms with van der Waals surface area (Å²) >= 11 is 0. The first-order chi connectivity index (χ1) is 18.0. The number of aromatic nitrogens is 1. The second kappa shape index (κ2) is 11.2. The Kier molecular flexibility index (Phi) is 7.63. The second-order valence-corrected chi connectivity index (χ2v) is 10.2. The lowest BCUT2D eigenvalue weighted by molar-refractivity contribution is 0.0662.